The number of ether oxygens (including phenoxy) is 3. The van der Waals surface area contributed by atoms with Crippen molar-refractivity contribution in [1.29, 1.82) is 0 Å². The van der Waals surface area contributed by atoms with Crippen LogP contribution < -0.4 is 16.0 Å². The third-order valence-corrected chi connectivity index (χ3v) is 13.9. The van der Waals surface area contributed by atoms with E-state index in [2.05, 4.69) is 19.8 Å². The highest BCUT2D eigenvalue weighted by Gasteiger charge is 2.43. The number of allylic oxidation sites excluding steroid dienone is 2. The zero-order valence-corrected chi connectivity index (χ0v) is 40.2. The molecule has 3 aromatic rings. The van der Waals surface area contributed by atoms with Gasteiger partial charge < -0.3 is 59.6 Å². The number of aromatic hydroxyl groups is 3. The Morgan fingerprint density at radius 2 is 1.55 bits per heavy atom. The smallest absolute Gasteiger partial charge is 0.302 e. The molecule has 1 fully saturated rings. The fraction of sp³-hybridized carbons (Fsp3) is 0.551. The summed E-state index contributed by atoms with van der Waals surface area (Å²) in [5.41, 5.74) is -0.838. The van der Waals surface area contributed by atoms with E-state index in [1.807, 2.05) is 20.0 Å². The number of imidazole rings is 1. The molecule has 2 aromatic carbocycles. The number of carbonyl (C=O) groups is 3. The molecule has 0 saturated carbocycles. The second-order valence-corrected chi connectivity index (χ2v) is 18.7. The molecule has 18 heteroatoms. The van der Waals surface area contributed by atoms with Crippen LogP contribution in [0.15, 0.2) is 52.3 Å². The van der Waals surface area contributed by atoms with Crippen LogP contribution in [0.5, 0.6) is 17.2 Å². The predicted molar refractivity (Wildman–Crippen MR) is 248 cm³/mol. The van der Waals surface area contributed by atoms with Crippen LogP contribution in [0.3, 0.4) is 0 Å². The van der Waals surface area contributed by atoms with Gasteiger partial charge in [-0.3, -0.25) is 24.4 Å². The summed E-state index contributed by atoms with van der Waals surface area (Å²) in [5.74, 6) is -8.86. The lowest BCUT2D eigenvalue weighted by Crippen LogP contribution is -2.46. The van der Waals surface area contributed by atoms with Gasteiger partial charge in [-0.05, 0) is 33.8 Å². The maximum absolute atomic E-state index is 14.7. The van der Waals surface area contributed by atoms with E-state index in [1.54, 1.807) is 46.8 Å². The molecule has 2 bridgehead atoms. The highest BCUT2D eigenvalue weighted by molar-refractivity contribution is 6.17. The van der Waals surface area contributed by atoms with Crippen molar-refractivity contribution in [3.63, 3.8) is 0 Å². The Bertz CT molecular complexity index is 2610. The zero-order chi connectivity index (χ0) is 49.4. The van der Waals surface area contributed by atoms with E-state index in [-0.39, 0.29) is 38.3 Å². The van der Waals surface area contributed by atoms with Crippen molar-refractivity contribution in [3.05, 3.63) is 75.7 Å². The number of aryl methyl sites for hydroxylation is 2. The molecule has 0 radical (unpaired) electrons. The zero-order valence-electron chi connectivity index (χ0n) is 40.2. The van der Waals surface area contributed by atoms with Crippen LogP contribution in [0.1, 0.15) is 88.7 Å². The molecule has 0 unspecified atom stereocenters. The number of carbonyl (C=O) groups excluding carboxylic acids is 3. The van der Waals surface area contributed by atoms with Crippen molar-refractivity contribution in [3.8, 4) is 17.2 Å². The molecule has 4 heterocycles. The minimum absolute atomic E-state index is 0.00389. The average Bonchev–Trinajstić information content (AvgIpc) is 3.82. The number of benzene rings is 2. The van der Waals surface area contributed by atoms with Crippen molar-refractivity contribution in [2.24, 2.45) is 33.7 Å². The predicted octanol–water partition coefficient (Wildman–Crippen LogP) is 3.91. The van der Waals surface area contributed by atoms with Gasteiger partial charge in [0.25, 0.3) is 11.7 Å². The first-order valence-corrected chi connectivity index (χ1v) is 22.7. The number of aromatic nitrogens is 2. The van der Waals surface area contributed by atoms with Crippen molar-refractivity contribution in [2.75, 3.05) is 32.1 Å². The van der Waals surface area contributed by atoms with Gasteiger partial charge in [0.15, 0.2) is 11.4 Å². The number of phenolic OH excluding ortho intramolecular Hbond substituents is 3. The second kappa shape index (κ2) is 19.9. The molecule has 7 N–H and O–H groups in total. The maximum Gasteiger partial charge on any atom is 0.302 e. The van der Waals surface area contributed by atoms with Crippen LogP contribution >= 0.6 is 0 Å². The quantitative estimate of drug-likeness (QED) is 0.142. The fourth-order valence-corrected chi connectivity index (χ4v) is 9.51. The number of Topliss-reactive ketones (excluding diaryl/α,β-unsaturated/α-hetero) is 1. The van der Waals surface area contributed by atoms with Gasteiger partial charge in [0.05, 0.1) is 40.9 Å². The molecule has 3 aliphatic heterocycles. The van der Waals surface area contributed by atoms with Gasteiger partial charge in [0.2, 0.25) is 5.78 Å². The molecule has 67 heavy (non-hydrogen) atoms. The van der Waals surface area contributed by atoms with Gasteiger partial charge in [0, 0.05) is 112 Å². The number of amides is 1. The standard InChI is InChI=1S/C49H66N6O12/c1-24-13-12-14-25(2)47(63)51-39-38-37(52-49(53-38)16-18-54(19-17-49)20-21-55-26(3)23-50-31(55)8)34-35(44(39)61)42(59)29(6)43(60)36(34)46(62)48(10,64)66-22-15-33(65-11)27(4)45(67-32(9)56)30(7)41(58)28(5)40(24)57/h12-15,22-24,27-28,30,33,40-41,45,57-61,64H,16-21H2,1-11H3,(H,51,63)/t24-,27+,28+,30+,33-,40-,41+,45+,48+/m0/s1. The number of phenols is 3. The third kappa shape index (κ3) is 10.00. The highest BCUT2D eigenvalue weighted by atomic mass is 16.6. The number of anilines is 1. The van der Waals surface area contributed by atoms with Gasteiger partial charge in [-0.15, -0.1) is 0 Å². The number of nitrogens with one attached hydrogen (secondary N) is 1. The first-order chi connectivity index (χ1) is 31.4. The van der Waals surface area contributed by atoms with Gasteiger partial charge in [-0.1, -0.05) is 45.9 Å². The molecule has 6 rings (SSSR count). The normalized spacial score (nSPS) is 28.7. The van der Waals surface area contributed by atoms with Crippen LogP contribution in [0.25, 0.3) is 10.8 Å². The van der Waals surface area contributed by atoms with Crippen LogP contribution in [0, 0.1) is 44.4 Å². The maximum atomic E-state index is 14.7. The number of hydrogen-bond acceptors (Lipinski definition) is 16. The van der Waals surface area contributed by atoms with E-state index in [4.69, 9.17) is 24.2 Å². The van der Waals surface area contributed by atoms with E-state index in [0.717, 1.165) is 37.8 Å². The number of esters is 1. The molecule has 1 saturated heterocycles. The first kappa shape index (κ1) is 50.7. The molecule has 1 spiro atoms. The molecule has 9 atom stereocenters. The number of piperidine rings is 1. The third-order valence-electron chi connectivity index (χ3n) is 13.9. The highest BCUT2D eigenvalue weighted by Crippen LogP contribution is 2.46. The van der Waals surface area contributed by atoms with Crippen LogP contribution in [0.2, 0.25) is 0 Å². The molecular weight excluding hydrogens is 865 g/mol. The Labute approximate surface area is 390 Å². The lowest BCUT2D eigenvalue weighted by Gasteiger charge is -2.38. The molecule has 3 aliphatic rings. The number of hydrogen-bond donors (Lipinski definition) is 7. The Morgan fingerprint density at radius 3 is 2.16 bits per heavy atom. The Balaban J connectivity index is 1.51. The summed E-state index contributed by atoms with van der Waals surface area (Å²) in [7, 11) is 1.40. The largest absolute Gasteiger partial charge is 0.507 e. The number of ketones is 1. The summed E-state index contributed by atoms with van der Waals surface area (Å²) in [5, 5.41) is 72.6. The van der Waals surface area contributed by atoms with Crippen molar-refractivity contribution < 1.29 is 59.2 Å². The minimum atomic E-state index is -2.71. The Hall–Kier alpha value is -5.66. The van der Waals surface area contributed by atoms with Crippen molar-refractivity contribution in [2.45, 2.75) is 124 Å². The summed E-state index contributed by atoms with van der Waals surface area (Å²) >= 11 is 0. The number of nitrogens with zero attached hydrogens (tertiary/aromatic N) is 5. The van der Waals surface area contributed by atoms with E-state index in [9.17, 15) is 45.0 Å². The van der Waals surface area contributed by atoms with Crippen molar-refractivity contribution >= 4 is 34.1 Å². The van der Waals surface area contributed by atoms with E-state index in [0.29, 0.717) is 25.9 Å². The average molecular weight is 931 g/mol. The number of methoxy groups -OCH3 is 1. The number of aliphatic hydroxyl groups is 3. The molecule has 1 aromatic heterocycles. The number of rotatable bonds is 5. The first-order valence-electron chi connectivity index (χ1n) is 22.7. The monoisotopic (exact) mass is 930 g/mol. The number of likely N-dealkylation sites (tertiary alicyclic amines) is 1. The summed E-state index contributed by atoms with van der Waals surface area (Å²) < 4.78 is 19.3. The molecule has 0 aliphatic carbocycles. The lowest BCUT2D eigenvalue weighted by molar-refractivity contribution is -0.160. The summed E-state index contributed by atoms with van der Waals surface area (Å²) in [6.45, 7) is 18.5. The summed E-state index contributed by atoms with van der Waals surface area (Å²) in [6, 6.07) is 0. The summed E-state index contributed by atoms with van der Waals surface area (Å²) in [6.07, 6.45) is 5.76. The molecule has 18 nitrogen and oxygen atoms in total. The van der Waals surface area contributed by atoms with Crippen molar-refractivity contribution in [1.82, 2.24) is 14.5 Å². The van der Waals surface area contributed by atoms with Gasteiger partial charge in [-0.25, -0.2) is 4.98 Å². The van der Waals surface area contributed by atoms with Gasteiger partial charge in [-0.2, -0.15) is 0 Å². The molecule has 364 valence electrons. The summed E-state index contributed by atoms with van der Waals surface area (Å²) in [4.78, 5) is 57.9. The van der Waals surface area contributed by atoms with E-state index >= 15 is 0 Å². The number of aliphatic hydroxyl groups excluding tert-OH is 2. The van der Waals surface area contributed by atoms with E-state index < -0.39 is 100 Å². The molecular formula is C49H66N6O12. The fourth-order valence-electron chi connectivity index (χ4n) is 9.51. The molecule has 1 amide bonds. The van der Waals surface area contributed by atoms with Gasteiger partial charge >= 0.3 is 5.97 Å². The minimum Gasteiger partial charge on any atom is -0.507 e. The SMILES string of the molecule is CO[C@H]1C=CO[C@@](C)(O)C(=O)c2c(O)c(C)c(O)c3c(O)c(c4c(c23)=NC2(CCN(CCn3c(C)cnc3C)CC2)N=4)NC(=O)C(C)=CC=C[C@H](C)[C@H](O)[C@@H](C)[C@@H](O)[C@@H](C)[C@H](OC(C)=O)[C@@H]1C. The Morgan fingerprint density at radius 1 is 0.896 bits per heavy atom. The lowest BCUT2D eigenvalue weighted by atomic mass is 9.78. The van der Waals surface area contributed by atoms with Crippen LogP contribution in [0.4, 0.5) is 5.69 Å². The van der Waals surface area contributed by atoms with Crippen LogP contribution in [-0.2, 0) is 30.3 Å². The van der Waals surface area contributed by atoms with Gasteiger partial charge in [0.1, 0.15) is 34.5 Å². The second-order valence-electron chi connectivity index (χ2n) is 18.7. The topological polar surface area (TPSA) is 258 Å². The van der Waals surface area contributed by atoms with Crippen LogP contribution in [-0.4, -0.2) is 125 Å². The van der Waals surface area contributed by atoms with E-state index in [1.165, 1.54) is 33.1 Å². The Kier molecular flexibility index (Phi) is 15.1.